The number of rotatable bonds is 3. The van der Waals surface area contributed by atoms with Gasteiger partial charge in [-0.1, -0.05) is 24.8 Å². The molecule has 1 atom stereocenters. The van der Waals surface area contributed by atoms with E-state index in [-0.39, 0.29) is 52.8 Å². The molecule has 0 bridgehead atoms. The third-order valence-corrected chi connectivity index (χ3v) is 2.06. The molecule has 0 aliphatic rings. The van der Waals surface area contributed by atoms with Gasteiger partial charge >= 0.3 is 51.4 Å². The summed E-state index contributed by atoms with van der Waals surface area (Å²) in [7, 11) is 0. The summed E-state index contributed by atoms with van der Waals surface area (Å²) in [6.07, 6.45) is 1.17. The van der Waals surface area contributed by atoms with E-state index in [0.29, 0.717) is 4.90 Å². The summed E-state index contributed by atoms with van der Waals surface area (Å²) < 4.78 is 15.7. The Hall–Kier alpha value is 0.546. The molecule has 2 nitrogen and oxygen atoms in total. The van der Waals surface area contributed by atoms with Gasteiger partial charge in [-0.25, -0.2) is 4.21 Å². The van der Waals surface area contributed by atoms with Crippen LogP contribution < -0.4 is 51.4 Å². The predicted octanol–water partition coefficient (Wildman–Crippen LogP) is -1.01. The maximum Gasteiger partial charge on any atom is 1.00 e. The van der Waals surface area contributed by atoms with Crippen LogP contribution in [0.5, 0.6) is 0 Å². The second kappa shape index (κ2) is 7.00. The Bertz CT molecular complexity index is 266. The first-order valence-corrected chi connectivity index (χ1v) is 4.17. The Labute approximate surface area is 119 Å². The van der Waals surface area contributed by atoms with E-state index in [9.17, 15) is 4.21 Å². The average Bonchev–Trinajstić information content (AvgIpc) is 2.07. The minimum Gasteiger partial charge on any atom is -1.00 e. The molecule has 1 unspecified atom stereocenters. The molecule has 0 N–H and O–H groups in total. The van der Waals surface area contributed by atoms with E-state index in [1.165, 1.54) is 6.26 Å². The molecular formula is C8H9KO2S. The predicted molar refractivity (Wildman–Crippen MR) is 45.2 cm³/mol. The first-order valence-electron chi connectivity index (χ1n) is 3.09. The van der Waals surface area contributed by atoms with Crippen LogP contribution in [0.1, 0.15) is 1.43 Å². The monoisotopic (exact) mass is 208 g/mol. The number of benzene rings is 1. The van der Waals surface area contributed by atoms with Crippen molar-refractivity contribution in [3.63, 3.8) is 0 Å². The van der Waals surface area contributed by atoms with E-state index in [4.69, 9.17) is 0 Å². The molecule has 4 heteroatoms. The summed E-state index contributed by atoms with van der Waals surface area (Å²) in [5.41, 5.74) is 0. The molecule has 0 radical (unpaired) electrons. The SMILES string of the molecule is C=COS(=O)c1ccccc1.[H-].[K+]. The van der Waals surface area contributed by atoms with Crippen molar-refractivity contribution in [3.05, 3.63) is 43.2 Å². The molecule has 1 rings (SSSR count). The molecule has 1 aromatic carbocycles. The molecule has 0 aromatic heterocycles. The standard InChI is InChI=1S/C8H8O2S.K.H/c1-2-10-11(9)8-6-4-3-5-7-8;;/h2-7H,1H2;;/q;+1;-1. The molecule has 0 spiro atoms. The summed E-state index contributed by atoms with van der Waals surface area (Å²) in [4.78, 5) is 0.646. The van der Waals surface area contributed by atoms with Crippen LogP contribution in [0.15, 0.2) is 48.1 Å². The van der Waals surface area contributed by atoms with Crippen molar-refractivity contribution in [2.75, 3.05) is 0 Å². The Kier molecular flexibility index (Phi) is 7.32. The fraction of sp³-hybridized carbons (Fsp3) is 0. The summed E-state index contributed by atoms with van der Waals surface area (Å²) in [6, 6.07) is 8.94. The minimum atomic E-state index is -1.40. The van der Waals surface area contributed by atoms with Crippen molar-refractivity contribution in [2.45, 2.75) is 4.90 Å². The third kappa shape index (κ3) is 3.98. The molecule has 0 amide bonds. The largest absolute Gasteiger partial charge is 1.00 e. The summed E-state index contributed by atoms with van der Waals surface area (Å²) in [6.45, 7) is 3.31. The smallest absolute Gasteiger partial charge is 1.00 e. The Balaban J connectivity index is 0. The summed E-state index contributed by atoms with van der Waals surface area (Å²) >= 11 is -1.40. The van der Waals surface area contributed by atoms with Gasteiger partial charge in [-0.15, -0.1) is 0 Å². The van der Waals surface area contributed by atoms with Crippen LogP contribution >= 0.6 is 0 Å². The summed E-state index contributed by atoms with van der Waals surface area (Å²) in [5, 5.41) is 0. The van der Waals surface area contributed by atoms with Gasteiger partial charge in [0.05, 0.1) is 11.2 Å². The number of hydrogen-bond acceptors (Lipinski definition) is 2. The number of hydrogen-bond donors (Lipinski definition) is 0. The van der Waals surface area contributed by atoms with Crippen molar-refractivity contribution in [1.29, 1.82) is 0 Å². The van der Waals surface area contributed by atoms with E-state index in [1.54, 1.807) is 24.3 Å². The first-order chi connectivity index (χ1) is 5.34. The van der Waals surface area contributed by atoms with E-state index in [0.717, 1.165) is 0 Å². The van der Waals surface area contributed by atoms with Crippen LogP contribution in [0.4, 0.5) is 0 Å². The maximum atomic E-state index is 11.1. The molecular weight excluding hydrogens is 199 g/mol. The van der Waals surface area contributed by atoms with Crippen molar-refractivity contribution < 1.29 is 61.2 Å². The zero-order valence-corrected chi connectivity index (χ0v) is 10.8. The fourth-order valence-corrected chi connectivity index (χ4v) is 1.26. The van der Waals surface area contributed by atoms with Crippen LogP contribution in [0.2, 0.25) is 0 Å². The van der Waals surface area contributed by atoms with Crippen LogP contribution in [0.3, 0.4) is 0 Å². The van der Waals surface area contributed by atoms with Crippen molar-refractivity contribution >= 4 is 11.1 Å². The molecule has 0 heterocycles. The normalized spacial score (nSPS) is 11.0. The Morgan fingerprint density at radius 2 is 2.00 bits per heavy atom. The Morgan fingerprint density at radius 3 is 2.50 bits per heavy atom. The second-order valence-electron chi connectivity index (χ2n) is 1.81. The van der Waals surface area contributed by atoms with Crippen molar-refractivity contribution in [1.82, 2.24) is 0 Å². The zero-order chi connectivity index (χ0) is 8.10. The van der Waals surface area contributed by atoms with Gasteiger partial charge < -0.3 is 5.61 Å². The minimum absolute atomic E-state index is 0. The van der Waals surface area contributed by atoms with Crippen LogP contribution in [-0.4, -0.2) is 4.21 Å². The van der Waals surface area contributed by atoms with Gasteiger partial charge in [0, 0.05) is 0 Å². The van der Waals surface area contributed by atoms with Gasteiger partial charge in [0.2, 0.25) is 11.1 Å². The quantitative estimate of drug-likeness (QED) is 0.470. The molecule has 60 valence electrons. The Morgan fingerprint density at radius 1 is 1.42 bits per heavy atom. The van der Waals surface area contributed by atoms with Crippen LogP contribution in [0, 0.1) is 0 Å². The summed E-state index contributed by atoms with van der Waals surface area (Å²) in [5.74, 6) is 0. The average molecular weight is 208 g/mol. The van der Waals surface area contributed by atoms with Gasteiger partial charge in [-0.05, 0) is 12.1 Å². The molecule has 0 fully saturated rings. The van der Waals surface area contributed by atoms with Gasteiger partial charge in [-0.2, -0.15) is 0 Å². The molecule has 1 aromatic rings. The molecule has 0 aliphatic carbocycles. The van der Waals surface area contributed by atoms with Gasteiger partial charge in [0.15, 0.2) is 0 Å². The molecule has 0 saturated heterocycles. The fourth-order valence-electron chi connectivity index (χ4n) is 0.649. The third-order valence-electron chi connectivity index (χ3n) is 1.09. The zero-order valence-electron chi connectivity index (χ0n) is 7.90. The van der Waals surface area contributed by atoms with Crippen LogP contribution in [-0.2, 0) is 15.3 Å². The van der Waals surface area contributed by atoms with E-state index < -0.39 is 11.1 Å². The van der Waals surface area contributed by atoms with Gasteiger partial charge in [0.25, 0.3) is 0 Å². The van der Waals surface area contributed by atoms with E-state index in [1.807, 2.05) is 6.07 Å². The van der Waals surface area contributed by atoms with Gasteiger partial charge in [0.1, 0.15) is 0 Å². The van der Waals surface area contributed by atoms with Crippen LogP contribution in [0.25, 0.3) is 0 Å². The van der Waals surface area contributed by atoms with E-state index in [2.05, 4.69) is 10.8 Å². The first kappa shape index (κ1) is 12.5. The molecule has 0 aliphatic heterocycles. The van der Waals surface area contributed by atoms with E-state index >= 15 is 0 Å². The molecule has 12 heavy (non-hydrogen) atoms. The second-order valence-corrected chi connectivity index (χ2v) is 2.94. The molecule has 0 saturated carbocycles. The van der Waals surface area contributed by atoms with Gasteiger partial charge in [-0.3, -0.25) is 0 Å². The van der Waals surface area contributed by atoms with Crippen molar-refractivity contribution in [2.24, 2.45) is 0 Å². The maximum absolute atomic E-state index is 11.1. The topological polar surface area (TPSA) is 26.3 Å². The van der Waals surface area contributed by atoms with Crippen molar-refractivity contribution in [3.8, 4) is 0 Å².